The van der Waals surface area contributed by atoms with Crippen molar-refractivity contribution in [3.63, 3.8) is 0 Å². The molecule has 50 heavy (non-hydrogen) atoms. The van der Waals surface area contributed by atoms with Gasteiger partial charge in [0.1, 0.15) is 0 Å². The number of aliphatic hydroxyl groups is 12. The van der Waals surface area contributed by atoms with Crippen molar-refractivity contribution < 1.29 is 71.2 Å². The molecule has 0 aromatic heterocycles. The number of hydrogen-bond acceptors (Lipinski definition) is 13. The minimum Gasteiger partial charge on any atom is -0.481 e. The third-order valence-corrected chi connectivity index (χ3v) is 10.1. The van der Waals surface area contributed by atoms with Crippen molar-refractivity contribution in [3.8, 4) is 0 Å². The molecule has 0 radical (unpaired) electrons. The Kier molecular flexibility index (Phi) is 25.5. The van der Waals surface area contributed by atoms with Gasteiger partial charge in [0.25, 0.3) is 0 Å². The zero-order valence-corrected chi connectivity index (χ0v) is 29.8. The number of carbonyl (C=O) groups is 1. The Morgan fingerprint density at radius 3 is 1.24 bits per heavy atom. The molecule has 0 aromatic rings. The van der Waals surface area contributed by atoms with Crippen LogP contribution in [0.25, 0.3) is 0 Å². The average Bonchev–Trinajstić information content (AvgIpc) is 3.10. The third-order valence-electron chi connectivity index (χ3n) is 10.1. The summed E-state index contributed by atoms with van der Waals surface area (Å²) in [7, 11) is 0. The van der Waals surface area contributed by atoms with Gasteiger partial charge in [0.15, 0.2) is 0 Å². The summed E-state index contributed by atoms with van der Waals surface area (Å²) in [6, 6.07) is 0. The summed E-state index contributed by atoms with van der Waals surface area (Å²) in [6.45, 7) is -3.25. The van der Waals surface area contributed by atoms with Crippen LogP contribution in [0.15, 0.2) is 24.3 Å². The van der Waals surface area contributed by atoms with Crippen LogP contribution >= 0.6 is 0 Å². The third kappa shape index (κ3) is 15.2. The standard InChI is InChI=1S/C36H68O14/c1-2-3-4-5-6-7-8-9-10-11-12-13-14-34(15-27(43)21-37,16-28(44)22-38)36(19-31(47)25-41,20-32(48)26-42)35(33(49)50,17-29(45)23-39)18-30(46)24-40/h6-7,9-10,27-32,37-48H,2-5,8,11-26H2,1H3,(H,49,50). The van der Waals surface area contributed by atoms with E-state index in [1.54, 1.807) is 0 Å². The fourth-order valence-electron chi connectivity index (χ4n) is 7.83. The molecule has 0 spiro atoms. The molecule has 0 rings (SSSR count). The van der Waals surface area contributed by atoms with Gasteiger partial charge in [-0.25, -0.2) is 0 Å². The Balaban J connectivity index is 7.56. The summed E-state index contributed by atoms with van der Waals surface area (Å²) in [5.41, 5.74) is -6.43. The summed E-state index contributed by atoms with van der Waals surface area (Å²) in [6.07, 6.45) is 0.574. The molecule has 0 aliphatic heterocycles. The molecule has 0 aromatic carbocycles. The van der Waals surface area contributed by atoms with Crippen molar-refractivity contribution in [1.29, 1.82) is 0 Å². The van der Waals surface area contributed by atoms with Crippen LogP contribution in [0.4, 0.5) is 0 Å². The Morgan fingerprint density at radius 1 is 0.520 bits per heavy atom. The molecular weight excluding hydrogens is 656 g/mol. The molecule has 13 N–H and O–H groups in total. The lowest BCUT2D eigenvalue weighted by Gasteiger charge is -2.62. The van der Waals surface area contributed by atoms with Crippen LogP contribution in [0.3, 0.4) is 0 Å². The van der Waals surface area contributed by atoms with Crippen molar-refractivity contribution in [3.05, 3.63) is 24.3 Å². The second-order valence-corrected chi connectivity index (χ2v) is 13.9. The maximum atomic E-state index is 13.7. The Bertz CT molecular complexity index is 892. The lowest BCUT2D eigenvalue weighted by molar-refractivity contribution is -0.215. The van der Waals surface area contributed by atoms with Crippen molar-refractivity contribution in [2.24, 2.45) is 16.2 Å². The van der Waals surface area contributed by atoms with Gasteiger partial charge in [0.05, 0.1) is 81.7 Å². The summed E-state index contributed by atoms with van der Waals surface area (Å²) in [4.78, 5) is 13.7. The summed E-state index contributed by atoms with van der Waals surface area (Å²) < 4.78 is 0. The normalized spacial score (nSPS) is 19.8. The topological polar surface area (TPSA) is 280 Å². The number of aliphatic carboxylic acids is 1. The van der Waals surface area contributed by atoms with Crippen LogP contribution in [0.1, 0.15) is 103 Å². The quantitative estimate of drug-likeness (QED) is 0.0325. The van der Waals surface area contributed by atoms with Crippen molar-refractivity contribution in [1.82, 2.24) is 0 Å². The van der Waals surface area contributed by atoms with Crippen molar-refractivity contribution in [2.75, 3.05) is 39.6 Å². The van der Waals surface area contributed by atoms with Gasteiger partial charge >= 0.3 is 5.97 Å². The zero-order valence-electron chi connectivity index (χ0n) is 29.8. The first-order chi connectivity index (χ1) is 23.7. The molecular formula is C36H68O14. The smallest absolute Gasteiger partial charge is 0.310 e. The summed E-state index contributed by atoms with van der Waals surface area (Å²) >= 11 is 0. The van der Waals surface area contributed by atoms with Gasteiger partial charge in [-0.15, -0.1) is 0 Å². The predicted octanol–water partition coefficient (Wildman–Crippen LogP) is 0.133. The molecule has 0 heterocycles. The van der Waals surface area contributed by atoms with E-state index in [2.05, 4.69) is 19.1 Å². The Morgan fingerprint density at radius 2 is 0.880 bits per heavy atom. The molecule has 6 atom stereocenters. The summed E-state index contributed by atoms with van der Waals surface area (Å²) in [5.74, 6) is -1.69. The van der Waals surface area contributed by atoms with Gasteiger partial charge in [0.2, 0.25) is 0 Å². The molecule has 0 bridgehead atoms. The van der Waals surface area contributed by atoms with E-state index in [0.717, 1.165) is 25.7 Å². The number of hydrogen-bond donors (Lipinski definition) is 13. The van der Waals surface area contributed by atoms with Crippen molar-refractivity contribution >= 4 is 5.97 Å². The second-order valence-electron chi connectivity index (χ2n) is 13.9. The fourth-order valence-corrected chi connectivity index (χ4v) is 7.83. The molecule has 0 amide bonds. The highest BCUT2D eigenvalue weighted by molar-refractivity contribution is 5.76. The van der Waals surface area contributed by atoms with E-state index in [1.807, 2.05) is 12.2 Å². The molecule has 0 aliphatic carbocycles. The van der Waals surface area contributed by atoms with Gasteiger partial charge in [0, 0.05) is 0 Å². The molecule has 0 fully saturated rings. The van der Waals surface area contributed by atoms with E-state index in [-0.39, 0.29) is 6.42 Å². The van der Waals surface area contributed by atoms with Gasteiger partial charge in [-0.3, -0.25) is 4.79 Å². The molecule has 0 aliphatic rings. The maximum absolute atomic E-state index is 13.7. The van der Waals surface area contributed by atoms with Crippen LogP contribution in [-0.4, -0.2) is 149 Å². The SMILES string of the molecule is CCCCCC=CCC=CCCCCC(CC(O)CO)(CC(O)CO)C(CC(O)CO)(CC(O)CO)C(CC(O)CO)(CC(O)CO)C(=O)O. The zero-order chi connectivity index (χ0) is 38.2. The van der Waals surface area contributed by atoms with E-state index in [4.69, 9.17) is 0 Å². The van der Waals surface area contributed by atoms with Gasteiger partial charge in [-0.1, -0.05) is 50.5 Å². The summed E-state index contributed by atoms with van der Waals surface area (Å²) in [5, 5.41) is 137. The second kappa shape index (κ2) is 26.3. The minimum absolute atomic E-state index is 0.0535. The number of unbranched alkanes of at least 4 members (excludes halogenated alkanes) is 5. The fraction of sp³-hybridized carbons (Fsp3) is 0.861. The highest BCUT2D eigenvalue weighted by atomic mass is 16.4. The van der Waals surface area contributed by atoms with E-state index in [9.17, 15) is 71.2 Å². The van der Waals surface area contributed by atoms with Crippen LogP contribution < -0.4 is 0 Å². The first-order valence-electron chi connectivity index (χ1n) is 18.0. The van der Waals surface area contributed by atoms with E-state index in [0.29, 0.717) is 19.3 Å². The number of aliphatic hydroxyl groups excluding tert-OH is 12. The van der Waals surface area contributed by atoms with Gasteiger partial charge in [-0.2, -0.15) is 0 Å². The predicted molar refractivity (Wildman–Crippen MR) is 187 cm³/mol. The van der Waals surface area contributed by atoms with Crippen molar-refractivity contribution in [2.45, 2.75) is 140 Å². The van der Waals surface area contributed by atoms with Crippen LogP contribution in [0, 0.1) is 16.2 Å². The number of rotatable bonds is 32. The maximum Gasteiger partial charge on any atom is 0.310 e. The monoisotopic (exact) mass is 724 g/mol. The molecule has 0 saturated carbocycles. The molecule has 296 valence electrons. The lowest BCUT2D eigenvalue weighted by atomic mass is 9.41. The molecule has 14 nitrogen and oxygen atoms in total. The highest BCUT2D eigenvalue weighted by Gasteiger charge is 2.67. The number of carboxylic acids is 1. The average molecular weight is 725 g/mol. The Hall–Kier alpha value is -1.53. The van der Waals surface area contributed by atoms with Gasteiger partial charge in [-0.05, 0) is 87.9 Å². The molecule has 0 saturated heterocycles. The van der Waals surface area contributed by atoms with Gasteiger partial charge < -0.3 is 66.4 Å². The van der Waals surface area contributed by atoms with E-state index >= 15 is 0 Å². The minimum atomic E-state index is -2.49. The van der Waals surface area contributed by atoms with Crippen LogP contribution in [0.5, 0.6) is 0 Å². The first kappa shape index (κ1) is 48.5. The Labute approximate surface area is 297 Å². The molecule has 6 unspecified atom stereocenters. The number of allylic oxidation sites excluding steroid dienone is 4. The van der Waals surface area contributed by atoms with Crippen LogP contribution in [0.2, 0.25) is 0 Å². The highest BCUT2D eigenvalue weighted by Crippen LogP contribution is 2.66. The molecule has 14 heteroatoms. The first-order valence-corrected chi connectivity index (χ1v) is 18.0. The number of carboxylic acid groups (broad SMARTS) is 1. The van der Waals surface area contributed by atoms with E-state index < -0.39 is 137 Å². The van der Waals surface area contributed by atoms with Crippen LogP contribution in [-0.2, 0) is 4.79 Å². The largest absolute Gasteiger partial charge is 0.481 e. The van der Waals surface area contributed by atoms with E-state index in [1.165, 1.54) is 6.42 Å². The lowest BCUT2D eigenvalue weighted by Crippen LogP contribution is -2.63.